The van der Waals surface area contributed by atoms with Gasteiger partial charge in [0, 0.05) is 5.75 Å². The second-order valence-corrected chi connectivity index (χ2v) is 5.19. The van der Waals surface area contributed by atoms with Gasteiger partial charge in [-0.1, -0.05) is 31.6 Å². The van der Waals surface area contributed by atoms with Crippen molar-refractivity contribution in [2.24, 2.45) is 5.92 Å². The van der Waals surface area contributed by atoms with Gasteiger partial charge < -0.3 is 4.74 Å². The summed E-state index contributed by atoms with van der Waals surface area (Å²) in [6.07, 6.45) is 10.8. The fourth-order valence-electron chi connectivity index (χ4n) is 1.66. The molecule has 0 saturated carbocycles. The number of ether oxygens (including phenoxy) is 1. The zero-order valence-corrected chi connectivity index (χ0v) is 10.9. The summed E-state index contributed by atoms with van der Waals surface area (Å²) in [4.78, 5) is 12.6. The number of hydrogen-bond donors (Lipinski definition) is 0. The van der Waals surface area contributed by atoms with Crippen molar-refractivity contribution in [2.45, 2.75) is 32.6 Å². The van der Waals surface area contributed by atoms with Crippen LogP contribution in [0.4, 0.5) is 0 Å². The van der Waals surface area contributed by atoms with Crippen LogP contribution in [-0.2, 0) is 9.53 Å². The molecule has 0 bridgehead atoms. The van der Waals surface area contributed by atoms with Crippen LogP contribution in [0.5, 0.6) is 0 Å². The molecule has 16 heavy (non-hydrogen) atoms. The van der Waals surface area contributed by atoms with E-state index in [0.29, 0.717) is 0 Å². The first-order valence-electron chi connectivity index (χ1n) is 5.80. The Balaban J connectivity index is 2.09. The maximum Gasteiger partial charge on any atom is 0.308 e. The van der Waals surface area contributed by atoms with Crippen LogP contribution in [0, 0.1) is 5.92 Å². The molecule has 2 nitrogen and oxygen atoms in total. The lowest BCUT2D eigenvalue weighted by Gasteiger charge is -2.10. The lowest BCUT2D eigenvalue weighted by atomic mass is 10.0. The molecule has 0 N–H and O–H groups in total. The lowest BCUT2D eigenvalue weighted by Crippen LogP contribution is -2.12. The van der Waals surface area contributed by atoms with Gasteiger partial charge in [0.25, 0.3) is 0 Å². The minimum Gasteiger partial charge on any atom is -0.469 e. The topological polar surface area (TPSA) is 26.3 Å². The highest BCUT2D eigenvalue weighted by molar-refractivity contribution is 8.03. The van der Waals surface area contributed by atoms with Crippen LogP contribution in [0.1, 0.15) is 32.6 Å². The molecular weight excluding hydrogens is 220 g/mol. The molecule has 0 aromatic heterocycles. The van der Waals surface area contributed by atoms with Crippen molar-refractivity contribution in [3.8, 4) is 0 Å². The molecule has 0 amide bonds. The van der Waals surface area contributed by atoms with E-state index in [9.17, 15) is 4.79 Å². The van der Waals surface area contributed by atoms with Crippen molar-refractivity contribution in [1.82, 2.24) is 0 Å². The van der Waals surface area contributed by atoms with E-state index in [1.54, 1.807) is 0 Å². The molecule has 90 valence electrons. The molecule has 1 aliphatic heterocycles. The van der Waals surface area contributed by atoms with Crippen LogP contribution in [-0.4, -0.2) is 18.8 Å². The average molecular weight is 240 g/mol. The SMILES string of the molecule is COC(=O)[C@H](C)CCCCC1=CC=CCS1. The minimum atomic E-state index is -0.0887. The molecule has 3 heteroatoms. The fourth-order valence-corrected chi connectivity index (χ4v) is 2.54. The molecule has 0 spiro atoms. The number of hydrogen-bond acceptors (Lipinski definition) is 3. The van der Waals surface area contributed by atoms with Gasteiger partial charge in [0.2, 0.25) is 0 Å². The van der Waals surface area contributed by atoms with Gasteiger partial charge in [-0.05, 0) is 24.2 Å². The molecule has 1 aliphatic rings. The smallest absolute Gasteiger partial charge is 0.308 e. The Labute approximate surface area is 102 Å². The van der Waals surface area contributed by atoms with Crippen LogP contribution in [0.15, 0.2) is 23.1 Å². The van der Waals surface area contributed by atoms with Gasteiger partial charge in [-0.15, -0.1) is 11.8 Å². The van der Waals surface area contributed by atoms with E-state index in [-0.39, 0.29) is 11.9 Å². The van der Waals surface area contributed by atoms with E-state index >= 15 is 0 Å². The fraction of sp³-hybridized carbons (Fsp3) is 0.615. The highest BCUT2D eigenvalue weighted by Gasteiger charge is 2.12. The Morgan fingerprint density at radius 2 is 2.38 bits per heavy atom. The zero-order chi connectivity index (χ0) is 11.8. The number of methoxy groups -OCH3 is 1. The minimum absolute atomic E-state index is 0.0397. The number of unbranched alkanes of at least 4 members (excludes halogenated alkanes) is 1. The third-order valence-corrected chi connectivity index (χ3v) is 3.77. The normalized spacial score (nSPS) is 16.8. The first-order chi connectivity index (χ1) is 7.74. The van der Waals surface area contributed by atoms with Crippen LogP contribution < -0.4 is 0 Å². The Morgan fingerprint density at radius 1 is 1.56 bits per heavy atom. The number of rotatable bonds is 6. The third-order valence-electron chi connectivity index (χ3n) is 2.70. The predicted molar refractivity (Wildman–Crippen MR) is 69.3 cm³/mol. The van der Waals surface area contributed by atoms with E-state index < -0.39 is 0 Å². The number of carbonyl (C=O) groups excluding carboxylic acids is 1. The summed E-state index contributed by atoms with van der Waals surface area (Å²) in [6, 6.07) is 0. The molecule has 0 fully saturated rings. The van der Waals surface area contributed by atoms with Gasteiger partial charge in [-0.3, -0.25) is 4.79 Å². The van der Waals surface area contributed by atoms with E-state index in [4.69, 9.17) is 4.74 Å². The van der Waals surface area contributed by atoms with Crippen molar-refractivity contribution < 1.29 is 9.53 Å². The molecule has 0 unspecified atom stereocenters. The van der Waals surface area contributed by atoms with E-state index in [1.807, 2.05) is 18.7 Å². The summed E-state index contributed by atoms with van der Waals surface area (Å²) in [7, 11) is 1.45. The number of thioether (sulfide) groups is 1. The maximum absolute atomic E-state index is 11.2. The summed E-state index contributed by atoms with van der Waals surface area (Å²) in [5.74, 6) is 1.05. The largest absolute Gasteiger partial charge is 0.469 e. The first kappa shape index (κ1) is 13.4. The summed E-state index contributed by atoms with van der Waals surface area (Å²) in [5, 5.41) is 0. The van der Waals surface area contributed by atoms with E-state index in [0.717, 1.165) is 31.4 Å². The van der Waals surface area contributed by atoms with Gasteiger partial charge in [-0.2, -0.15) is 0 Å². The maximum atomic E-state index is 11.2. The van der Waals surface area contributed by atoms with E-state index in [2.05, 4.69) is 18.2 Å². The van der Waals surface area contributed by atoms with Gasteiger partial charge in [0.15, 0.2) is 0 Å². The Hall–Kier alpha value is -0.700. The van der Waals surface area contributed by atoms with Gasteiger partial charge in [-0.25, -0.2) is 0 Å². The molecule has 0 saturated heterocycles. The van der Waals surface area contributed by atoms with Crippen molar-refractivity contribution in [1.29, 1.82) is 0 Å². The molecule has 0 aromatic rings. The Morgan fingerprint density at radius 3 is 3.00 bits per heavy atom. The molecule has 0 radical (unpaired) electrons. The lowest BCUT2D eigenvalue weighted by molar-refractivity contribution is -0.145. The quantitative estimate of drug-likeness (QED) is 0.524. The highest BCUT2D eigenvalue weighted by Crippen LogP contribution is 2.25. The molecule has 1 atom stereocenters. The second-order valence-electron chi connectivity index (χ2n) is 4.04. The second kappa shape index (κ2) is 7.55. The Bertz CT molecular complexity index is 282. The highest BCUT2D eigenvalue weighted by atomic mass is 32.2. The van der Waals surface area contributed by atoms with Gasteiger partial charge in [0.05, 0.1) is 13.0 Å². The monoisotopic (exact) mass is 240 g/mol. The van der Waals surface area contributed by atoms with Crippen molar-refractivity contribution in [2.75, 3.05) is 12.9 Å². The molecule has 0 aromatic carbocycles. The number of esters is 1. The first-order valence-corrected chi connectivity index (χ1v) is 6.79. The van der Waals surface area contributed by atoms with Gasteiger partial charge in [0.1, 0.15) is 0 Å². The third kappa shape index (κ3) is 4.88. The van der Waals surface area contributed by atoms with Crippen LogP contribution in [0.3, 0.4) is 0 Å². The summed E-state index contributed by atoms with van der Waals surface area (Å²) in [6.45, 7) is 1.93. The summed E-state index contributed by atoms with van der Waals surface area (Å²) in [5.41, 5.74) is 0. The van der Waals surface area contributed by atoms with Crippen LogP contribution >= 0.6 is 11.8 Å². The van der Waals surface area contributed by atoms with Crippen LogP contribution in [0.2, 0.25) is 0 Å². The number of allylic oxidation sites excluding steroid dienone is 3. The Kier molecular flexibility index (Phi) is 6.31. The number of carbonyl (C=O) groups is 1. The summed E-state index contributed by atoms with van der Waals surface area (Å²) < 4.78 is 4.70. The zero-order valence-electron chi connectivity index (χ0n) is 10.1. The van der Waals surface area contributed by atoms with Crippen molar-refractivity contribution in [3.05, 3.63) is 23.1 Å². The standard InChI is InChI=1S/C13H20O2S/c1-11(13(14)15-2)7-3-4-8-12-9-5-6-10-16-12/h5-6,9,11H,3-4,7-8,10H2,1-2H3/t11-/m1/s1. The van der Waals surface area contributed by atoms with Crippen LogP contribution in [0.25, 0.3) is 0 Å². The van der Waals surface area contributed by atoms with Crippen molar-refractivity contribution >= 4 is 17.7 Å². The summed E-state index contributed by atoms with van der Waals surface area (Å²) >= 11 is 1.92. The average Bonchev–Trinajstić information content (AvgIpc) is 2.34. The molecule has 0 aliphatic carbocycles. The van der Waals surface area contributed by atoms with E-state index in [1.165, 1.54) is 12.0 Å². The molecular formula is C13H20O2S. The molecule has 1 rings (SSSR count). The molecule has 1 heterocycles. The predicted octanol–water partition coefficient (Wildman–Crippen LogP) is 3.54. The van der Waals surface area contributed by atoms with Gasteiger partial charge >= 0.3 is 5.97 Å². The van der Waals surface area contributed by atoms with Crippen molar-refractivity contribution in [3.63, 3.8) is 0 Å².